The van der Waals surface area contributed by atoms with E-state index >= 15 is 0 Å². The van der Waals surface area contributed by atoms with Gasteiger partial charge in [0.15, 0.2) is 0 Å². The molecule has 0 aliphatic rings. The van der Waals surface area contributed by atoms with E-state index in [-0.39, 0.29) is 5.91 Å². The molecule has 0 radical (unpaired) electrons. The average molecular weight is 279 g/mol. The molecule has 0 saturated heterocycles. The van der Waals surface area contributed by atoms with Crippen LogP contribution in [0.3, 0.4) is 0 Å². The number of benzene rings is 1. The van der Waals surface area contributed by atoms with Gasteiger partial charge in [-0.2, -0.15) is 0 Å². The van der Waals surface area contributed by atoms with Crippen LogP contribution < -0.4 is 10.1 Å². The molecule has 1 N–H and O–H groups in total. The van der Waals surface area contributed by atoms with Crippen LogP contribution in [-0.4, -0.2) is 26.2 Å². The first-order chi connectivity index (χ1) is 9.58. The second-order valence-electron chi connectivity index (χ2n) is 5.18. The minimum atomic E-state index is -0.0573. The Hall–Kier alpha value is -1.55. The predicted octanol–water partition coefficient (Wildman–Crippen LogP) is 3.01. The summed E-state index contributed by atoms with van der Waals surface area (Å²) in [6, 6.07) is 5.43. The van der Waals surface area contributed by atoms with Crippen molar-refractivity contribution < 1.29 is 14.3 Å². The normalized spacial score (nSPS) is 10.7. The van der Waals surface area contributed by atoms with Gasteiger partial charge in [-0.15, -0.1) is 0 Å². The number of amides is 1. The lowest BCUT2D eigenvalue weighted by Gasteiger charge is -2.12. The maximum atomic E-state index is 12.0. The van der Waals surface area contributed by atoms with E-state index in [1.807, 2.05) is 12.1 Å². The maximum Gasteiger partial charge on any atom is 0.251 e. The summed E-state index contributed by atoms with van der Waals surface area (Å²) in [6.07, 6.45) is 0.969. The van der Waals surface area contributed by atoms with Crippen molar-refractivity contribution in [3.8, 4) is 5.75 Å². The first-order valence-electron chi connectivity index (χ1n) is 7.11. The van der Waals surface area contributed by atoms with Gasteiger partial charge in [0.2, 0.25) is 0 Å². The summed E-state index contributed by atoms with van der Waals surface area (Å²) in [7, 11) is 1.62. The lowest BCUT2D eigenvalue weighted by molar-refractivity contribution is 0.0948. The van der Waals surface area contributed by atoms with Crippen molar-refractivity contribution in [2.24, 2.45) is 5.92 Å². The summed E-state index contributed by atoms with van der Waals surface area (Å²) < 4.78 is 10.8. The quantitative estimate of drug-likeness (QED) is 0.744. The maximum absolute atomic E-state index is 12.0. The minimum Gasteiger partial charge on any atom is -0.496 e. The van der Waals surface area contributed by atoms with Gasteiger partial charge in [-0.1, -0.05) is 20.8 Å². The predicted molar refractivity (Wildman–Crippen MR) is 80.1 cm³/mol. The van der Waals surface area contributed by atoms with Crippen molar-refractivity contribution in [3.63, 3.8) is 0 Å². The lowest BCUT2D eigenvalue weighted by Crippen LogP contribution is -2.27. The van der Waals surface area contributed by atoms with Crippen LogP contribution in [-0.2, 0) is 11.3 Å². The third-order valence-corrected chi connectivity index (χ3v) is 2.82. The highest BCUT2D eigenvalue weighted by Crippen LogP contribution is 2.21. The molecule has 0 aliphatic heterocycles. The number of hydrogen-bond donors (Lipinski definition) is 1. The van der Waals surface area contributed by atoms with Crippen LogP contribution >= 0.6 is 0 Å². The Morgan fingerprint density at radius 3 is 2.70 bits per heavy atom. The number of hydrogen-bond acceptors (Lipinski definition) is 3. The number of carbonyl (C=O) groups excluding carboxylic acids is 1. The molecule has 1 aromatic rings. The molecule has 0 saturated carbocycles. The SMILES string of the molecule is CCCOCc1cc(C(=O)NCC(C)C)ccc1OC. The van der Waals surface area contributed by atoms with E-state index in [4.69, 9.17) is 9.47 Å². The zero-order valence-corrected chi connectivity index (χ0v) is 12.9. The second kappa shape index (κ2) is 8.59. The molecular formula is C16H25NO3. The largest absolute Gasteiger partial charge is 0.496 e. The van der Waals surface area contributed by atoms with Crippen molar-refractivity contribution in [1.29, 1.82) is 0 Å². The number of methoxy groups -OCH3 is 1. The molecule has 0 aliphatic carbocycles. The van der Waals surface area contributed by atoms with Crippen molar-refractivity contribution >= 4 is 5.91 Å². The molecule has 0 bridgehead atoms. The van der Waals surface area contributed by atoms with Crippen LogP contribution in [0.5, 0.6) is 5.75 Å². The summed E-state index contributed by atoms with van der Waals surface area (Å²) in [5, 5.41) is 2.91. The van der Waals surface area contributed by atoms with Crippen LogP contribution in [0.25, 0.3) is 0 Å². The standard InChI is InChI=1S/C16H25NO3/c1-5-8-20-11-14-9-13(6-7-15(14)19-4)16(18)17-10-12(2)3/h6-7,9,12H,5,8,10-11H2,1-4H3,(H,17,18). The molecule has 20 heavy (non-hydrogen) atoms. The summed E-state index contributed by atoms with van der Waals surface area (Å²) in [4.78, 5) is 12.0. The van der Waals surface area contributed by atoms with E-state index in [1.165, 1.54) is 0 Å². The monoisotopic (exact) mass is 279 g/mol. The fourth-order valence-electron chi connectivity index (χ4n) is 1.76. The molecular weight excluding hydrogens is 254 g/mol. The van der Waals surface area contributed by atoms with Gasteiger partial charge in [0.1, 0.15) is 5.75 Å². The van der Waals surface area contributed by atoms with Gasteiger partial charge in [0, 0.05) is 24.3 Å². The van der Waals surface area contributed by atoms with Crippen LogP contribution in [0.1, 0.15) is 43.1 Å². The van der Waals surface area contributed by atoms with E-state index in [0.29, 0.717) is 31.2 Å². The van der Waals surface area contributed by atoms with Gasteiger partial charge >= 0.3 is 0 Å². The van der Waals surface area contributed by atoms with Gasteiger partial charge in [-0.05, 0) is 30.5 Å². The first-order valence-corrected chi connectivity index (χ1v) is 7.11. The topological polar surface area (TPSA) is 47.6 Å². The van der Waals surface area contributed by atoms with Crippen molar-refractivity contribution in [2.45, 2.75) is 33.8 Å². The fourth-order valence-corrected chi connectivity index (χ4v) is 1.76. The third kappa shape index (κ3) is 5.21. The Kier molecular flexibility index (Phi) is 7.09. The van der Waals surface area contributed by atoms with Gasteiger partial charge in [0.05, 0.1) is 13.7 Å². The molecule has 0 aromatic heterocycles. The van der Waals surface area contributed by atoms with Crippen molar-refractivity contribution in [3.05, 3.63) is 29.3 Å². The van der Waals surface area contributed by atoms with E-state index in [1.54, 1.807) is 13.2 Å². The summed E-state index contributed by atoms with van der Waals surface area (Å²) in [6.45, 7) is 8.03. The van der Waals surface area contributed by atoms with E-state index in [9.17, 15) is 4.79 Å². The number of rotatable bonds is 8. The molecule has 0 unspecified atom stereocenters. The molecule has 0 heterocycles. The van der Waals surface area contributed by atoms with Crippen molar-refractivity contribution in [2.75, 3.05) is 20.3 Å². The summed E-state index contributed by atoms with van der Waals surface area (Å²) in [5.41, 5.74) is 1.54. The molecule has 1 aromatic carbocycles. The smallest absolute Gasteiger partial charge is 0.251 e. The average Bonchev–Trinajstić information content (AvgIpc) is 2.44. The second-order valence-corrected chi connectivity index (χ2v) is 5.18. The molecule has 112 valence electrons. The zero-order chi connectivity index (χ0) is 15.0. The van der Waals surface area contributed by atoms with Gasteiger partial charge in [0.25, 0.3) is 5.91 Å². The van der Waals surface area contributed by atoms with E-state index in [2.05, 4.69) is 26.1 Å². The third-order valence-electron chi connectivity index (χ3n) is 2.82. The Morgan fingerprint density at radius 2 is 2.10 bits per heavy atom. The van der Waals surface area contributed by atoms with E-state index in [0.717, 1.165) is 17.7 Å². The zero-order valence-electron chi connectivity index (χ0n) is 12.9. The highest BCUT2D eigenvalue weighted by Gasteiger charge is 2.10. The van der Waals surface area contributed by atoms with Crippen LogP contribution in [0, 0.1) is 5.92 Å². The Bertz CT molecular complexity index is 430. The summed E-state index contributed by atoms with van der Waals surface area (Å²) >= 11 is 0. The molecule has 0 spiro atoms. The van der Waals surface area contributed by atoms with Crippen LogP contribution in [0.15, 0.2) is 18.2 Å². The Morgan fingerprint density at radius 1 is 1.35 bits per heavy atom. The van der Waals surface area contributed by atoms with Crippen molar-refractivity contribution in [1.82, 2.24) is 5.32 Å². The number of ether oxygens (including phenoxy) is 2. The van der Waals surface area contributed by atoms with Gasteiger partial charge in [-0.25, -0.2) is 0 Å². The Balaban J connectivity index is 2.77. The lowest BCUT2D eigenvalue weighted by atomic mass is 10.1. The molecule has 0 fully saturated rings. The van der Waals surface area contributed by atoms with Crippen LogP contribution in [0.2, 0.25) is 0 Å². The molecule has 1 amide bonds. The number of nitrogens with one attached hydrogen (secondary N) is 1. The van der Waals surface area contributed by atoms with E-state index < -0.39 is 0 Å². The van der Waals surface area contributed by atoms with Gasteiger partial charge in [-0.3, -0.25) is 4.79 Å². The first kappa shape index (κ1) is 16.5. The molecule has 0 atom stereocenters. The fraction of sp³-hybridized carbons (Fsp3) is 0.562. The van der Waals surface area contributed by atoms with Gasteiger partial charge < -0.3 is 14.8 Å². The minimum absolute atomic E-state index is 0.0573. The highest BCUT2D eigenvalue weighted by atomic mass is 16.5. The number of carbonyl (C=O) groups is 1. The molecule has 1 rings (SSSR count). The Labute approximate surface area is 121 Å². The molecule has 4 heteroatoms. The highest BCUT2D eigenvalue weighted by molar-refractivity contribution is 5.94. The van der Waals surface area contributed by atoms with Crippen LogP contribution in [0.4, 0.5) is 0 Å². The summed E-state index contributed by atoms with van der Waals surface area (Å²) in [5.74, 6) is 1.13. The molecule has 4 nitrogen and oxygen atoms in total.